The molecule has 0 radical (unpaired) electrons. The van der Waals surface area contributed by atoms with Gasteiger partial charge in [0.1, 0.15) is 5.02 Å². The van der Waals surface area contributed by atoms with Crippen molar-refractivity contribution in [1.82, 2.24) is 4.90 Å². The number of ketones is 1. The molecule has 2 rings (SSSR count). The van der Waals surface area contributed by atoms with Crippen molar-refractivity contribution in [2.24, 2.45) is 0 Å². The van der Waals surface area contributed by atoms with Gasteiger partial charge in [0.25, 0.3) is 5.69 Å². The molecule has 1 aromatic rings. The number of hydrogen-bond acceptors (Lipinski definition) is 4. The molecule has 1 saturated heterocycles. The molecule has 21 heavy (non-hydrogen) atoms. The molecule has 5 nitrogen and oxygen atoms in total. The molecule has 0 spiro atoms. The largest absolute Gasteiger partial charge is 0.299 e. The highest BCUT2D eigenvalue weighted by Crippen LogP contribution is 2.26. The van der Waals surface area contributed by atoms with Gasteiger partial charge in [0.05, 0.1) is 4.92 Å². The second-order valence-corrected chi connectivity index (χ2v) is 5.49. The number of carbonyl (C=O) groups excluding carboxylic acids is 1. The number of likely N-dealkylation sites (tertiary alicyclic amines) is 1. The van der Waals surface area contributed by atoms with Gasteiger partial charge in [-0.1, -0.05) is 24.6 Å². The Hall–Kier alpha value is -1.72. The minimum absolute atomic E-state index is 0.102. The van der Waals surface area contributed by atoms with Gasteiger partial charge in [-0.25, -0.2) is 0 Å². The molecule has 1 fully saturated rings. The predicted molar refractivity (Wildman–Crippen MR) is 82.4 cm³/mol. The fourth-order valence-electron chi connectivity index (χ4n) is 2.42. The number of halogens is 1. The molecule has 1 aromatic carbocycles. The van der Waals surface area contributed by atoms with E-state index in [1.54, 1.807) is 12.1 Å². The van der Waals surface area contributed by atoms with E-state index in [1.807, 2.05) is 0 Å². The van der Waals surface area contributed by atoms with Crippen LogP contribution in [0.3, 0.4) is 0 Å². The molecule has 0 bridgehead atoms. The smallest absolute Gasteiger partial charge is 0.288 e. The molecule has 0 amide bonds. The van der Waals surface area contributed by atoms with Gasteiger partial charge >= 0.3 is 0 Å². The first kappa shape index (κ1) is 15.7. The van der Waals surface area contributed by atoms with Crippen molar-refractivity contribution in [3.8, 4) is 0 Å². The van der Waals surface area contributed by atoms with Gasteiger partial charge in [-0.2, -0.15) is 0 Å². The minimum atomic E-state index is -0.517. The van der Waals surface area contributed by atoms with Crippen LogP contribution in [0.2, 0.25) is 5.02 Å². The summed E-state index contributed by atoms with van der Waals surface area (Å²) in [6, 6.07) is 4.58. The number of nitro groups is 1. The Morgan fingerprint density at radius 3 is 2.90 bits per heavy atom. The summed E-state index contributed by atoms with van der Waals surface area (Å²) in [5, 5.41) is 11.0. The van der Waals surface area contributed by atoms with Gasteiger partial charge in [0.2, 0.25) is 0 Å². The summed E-state index contributed by atoms with van der Waals surface area (Å²) in [4.78, 5) is 24.6. The lowest BCUT2D eigenvalue weighted by Crippen LogP contribution is -2.36. The van der Waals surface area contributed by atoms with E-state index in [0.717, 1.165) is 19.5 Å². The number of nitrogens with zero attached hydrogens (tertiary/aromatic N) is 2. The summed E-state index contributed by atoms with van der Waals surface area (Å²) in [5.74, 6) is 0.111. The highest BCUT2D eigenvalue weighted by Gasteiger charge is 2.21. The maximum absolute atomic E-state index is 12.0. The van der Waals surface area contributed by atoms with Crippen LogP contribution in [-0.2, 0) is 4.79 Å². The molecule has 0 aromatic heterocycles. The summed E-state index contributed by atoms with van der Waals surface area (Å²) >= 11 is 5.79. The van der Waals surface area contributed by atoms with E-state index in [1.165, 1.54) is 12.1 Å². The van der Waals surface area contributed by atoms with Gasteiger partial charge in [-0.3, -0.25) is 19.8 Å². The van der Waals surface area contributed by atoms with Crippen LogP contribution in [0.15, 0.2) is 23.8 Å². The highest BCUT2D eigenvalue weighted by atomic mass is 35.5. The molecule has 0 aliphatic carbocycles. The Balaban J connectivity index is 2.27. The van der Waals surface area contributed by atoms with Gasteiger partial charge in [-0.15, -0.1) is 0 Å². The Labute approximate surface area is 128 Å². The first-order valence-corrected chi connectivity index (χ1v) is 7.29. The molecule has 1 aliphatic rings. The maximum atomic E-state index is 12.0. The number of carbonyl (C=O) groups is 1. The third kappa shape index (κ3) is 3.89. The lowest BCUT2D eigenvalue weighted by atomic mass is 10.00. The minimum Gasteiger partial charge on any atom is -0.299 e. The van der Waals surface area contributed by atoms with Gasteiger partial charge in [0, 0.05) is 31.1 Å². The molecular formula is C15H17ClN2O3. The molecular weight excluding hydrogens is 292 g/mol. The van der Waals surface area contributed by atoms with E-state index in [2.05, 4.69) is 11.8 Å². The summed E-state index contributed by atoms with van der Waals surface area (Å²) in [5.41, 5.74) is 1.19. The molecule has 1 aliphatic heterocycles. The van der Waals surface area contributed by atoms with Gasteiger partial charge in [0.15, 0.2) is 5.78 Å². The van der Waals surface area contributed by atoms with E-state index in [-0.39, 0.29) is 16.5 Å². The monoisotopic (exact) mass is 308 g/mol. The fourth-order valence-corrected chi connectivity index (χ4v) is 2.61. The van der Waals surface area contributed by atoms with Crippen molar-refractivity contribution in [3.05, 3.63) is 44.5 Å². The molecule has 0 atom stereocenters. The molecule has 1 heterocycles. The number of nitro benzene ring substituents is 1. The van der Waals surface area contributed by atoms with E-state index in [9.17, 15) is 14.9 Å². The van der Waals surface area contributed by atoms with Gasteiger partial charge < -0.3 is 0 Å². The molecule has 0 saturated carbocycles. The van der Waals surface area contributed by atoms with Crippen LogP contribution in [0, 0.1) is 10.1 Å². The number of piperidine rings is 1. The van der Waals surface area contributed by atoms with Crippen molar-refractivity contribution in [1.29, 1.82) is 0 Å². The number of hydrogen-bond donors (Lipinski definition) is 0. The zero-order valence-corrected chi connectivity index (χ0v) is 12.6. The average molecular weight is 309 g/mol. The second-order valence-electron chi connectivity index (χ2n) is 5.09. The lowest BCUT2D eigenvalue weighted by Gasteiger charge is -2.27. The van der Waals surface area contributed by atoms with Crippen LogP contribution in [0.5, 0.6) is 0 Å². The van der Waals surface area contributed by atoms with Crippen LogP contribution in [0.4, 0.5) is 5.69 Å². The Kier molecular flexibility index (Phi) is 5.09. The third-order valence-electron chi connectivity index (χ3n) is 3.45. The quantitative estimate of drug-likeness (QED) is 0.486. The Bertz CT molecular complexity index is 599. The van der Waals surface area contributed by atoms with Crippen molar-refractivity contribution in [3.63, 3.8) is 0 Å². The lowest BCUT2D eigenvalue weighted by molar-refractivity contribution is -0.384. The summed E-state index contributed by atoms with van der Waals surface area (Å²) < 4.78 is 0. The van der Waals surface area contributed by atoms with Crippen molar-refractivity contribution in [2.75, 3.05) is 19.6 Å². The second kappa shape index (κ2) is 6.83. The zero-order chi connectivity index (χ0) is 15.4. The molecule has 112 valence electrons. The summed E-state index contributed by atoms with van der Waals surface area (Å²) in [6.45, 7) is 4.43. The topological polar surface area (TPSA) is 63.5 Å². The predicted octanol–water partition coefficient (Wildman–Crippen LogP) is 3.32. The Morgan fingerprint density at radius 2 is 2.24 bits per heavy atom. The standard InChI is InChI=1S/C15H17ClN2O3/c1-2-6-17-7-5-15(19)12(10-17)8-11-3-4-13(16)14(9-11)18(20)21/h3-4,8-9H,2,5-7,10H2,1H3/b12-8+. The van der Waals surface area contributed by atoms with Crippen LogP contribution < -0.4 is 0 Å². The number of rotatable bonds is 4. The van der Waals surface area contributed by atoms with E-state index >= 15 is 0 Å². The molecule has 0 unspecified atom stereocenters. The zero-order valence-electron chi connectivity index (χ0n) is 11.8. The normalized spacial score (nSPS) is 18.2. The number of Topliss-reactive ketones (excluding diaryl/α,β-unsaturated/α-hetero) is 1. The molecule has 0 N–H and O–H groups in total. The maximum Gasteiger partial charge on any atom is 0.288 e. The van der Waals surface area contributed by atoms with Crippen molar-refractivity contribution in [2.45, 2.75) is 19.8 Å². The van der Waals surface area contributed by atoms with Crippen LogP contribution >= 0.6 is 11.6 Å². The number of benzene rings is 1. The van der Waals surface area contributed by atoms with Crippen molar-refractivity contribution >= 4 is 29.1 Å². The SMILES string of the molecule is CCCN1CCC(=O)/C(=C/c2ccc(Cl)c([N+](=O)[O-])c2)C1. The van der Waals surface area contributed by atoms with Crippen LogP contribution in [-0.4, -0.2) is 35.2 Å². The van der Waals surface area contributed by atoms with E-state index < -0.39 is 4.92 Å². The van der Waals surface area contributed by atoms with E-state index in [4.69, 9.17) is 11.6 Å². The molecule has 6 heteroatoms. The van der Waals surface area contributed by atoms with Crippen LogP contribution in [0.25, 0.3) is 6.08 Å². The third-order valence-corrected chi connectivity index (χ3v) is 3.77. The Morgan fingerprint density at radius 1 is 1.48 bits per heavy atom. The van der Waals surface area contributed by atoms with E-state index in [0.29, 0.717) is 24.1 Å². The first-order valence-electron chi connectivity index (χ1n) is 6.91. The van der Waals surface area contributed by atoms with Crippen LogP contribution in [0.1, 0.15) is 25.3 Å². The van der Waals surface area contributed by atoms with Crippen molar-refractivity contribution < 1.29 is 9.72 Å². The summed E-state index contributed by atoms with van der Waals surface area (Å²) in [6.07, 6.45) is 3.27. The first-order chi connectivity index (χ1) is 10.0. The highest BCUT2D eigenvalue weighted by molar-refractivity contribution is 6.32. The average Bonchev–Trinajstić information content (AvgIpc) is 2.44. The fraction of sp³-hybridized carbons (Fsp3) is 0.400. The summed E-state index contributed by atoms with van der Waals surface area (Å²) in [7, 11) is 0. The van der Waals surface area contributed by atoms with Gasteiger partial charge in [-0.05, 0) is 30.7 Å².